The van der Waals surface area contributed by atoms with E-state index in [1.165, 1.54) is 11.3 Å². The van der Waals surface area contributed by atoms with Gasteiger partial charge in [0, 0.05) is 10.1 Å². The molecule has 1 aromatic heterocycles. The number of fused-ring (bicyclic) bond motifs is 1. The van der Waals surface area contributed by atoms with E-state index in [4.69, 9.17) is 0 Å². The minimum atomic E-state index is -0.0964. The van der Waals surface area contributed by atoms with Gasteiger partial charge in [-0.1, -0.05) is 0 Å². The highest BCUT2D eigenvalue weighted by Gasteiger charge is 2.09. The van der Waals surface area contributed by atoms with Gasteiger partial charge < -0.3 is 10.2 Å². The van der Waals surface area contributed by atoms with Crippen molar-refractivity contribution in [1.29, 1.82) is 0 Å². The molecule has 2 N–H and O–H groups in total. The molecule has 2 nitrogen and oxygen atoms in total. The molecule has 0 amide bonds. The molecule has 0 aliphatic carbocycles. The van der Waals surface area contributed by atoms with E-state index >= 15 is 0 Å². The molecular formula is C8H5BrO2S. The zero-order valence-electron chi connectivity index (χ0n) is 5.91. The van der Waals surface area contributed by atoms with Gasteiger partial charge in [-0.15, -0.1) is 11.3 Å². The molecule has 1 aromatic carbocycles. The van der Waals surface area contributed by atoms with E-state index < -0.39 is 0 Å². The molecule has 0 aliphatic heterocycles. The fourth-order valence-electron chi connectivity index (χ4n) is 1.05. The normalized spacial score (nSPS) is 10.8. The minimum Gasteiger partial charge on any atom is -0.504 e. The number of thiophene rings is 1. The van der Waals surface area contributed by atoms with Crippen LogP contribution in [0.3, 0.4) is 0 Å². The lowest BCUT2D eigenvalue weighted by Gasteiger charge is -2.00. The summed E-state index contributed by atoms with van der Waals surface area (Å²) in [7, 11) is 0. The number of benzene rings is 1. The molecule has 62 valence electrons. The number of rotatable bonds is 0. The van der Waals surface area contributed by atoms with Gasteiger partial charge >= 0.3 is 0 Å². The predicted octanol–water partition coefficient (Wildman–Crippen LogP) is 3.08. The smallest absolute Gasteiger partial charge is 0.172 e. The molecule has 12 heavy (non-hydrogen) atoms. The van der Waals surface area contributed by atoms with Crippen molar-refractivity contribution in [3.8, 4) is 11.5 Å². The van der Waals surface area contributed by atoms with Crippen LogP contribution in [0.2, 0.25) is 0 Å². The van der Waals surface area contributed by atoms with Crippen LogP contribution < -0.4 is 0 Å². The maximum Gasteiger partial charge on any atom is 0.172 e. The second kappa shape index (κ2) is 2.64. The topological polar surface area (TPSA) is 40.5 Å². The van der Waals surface area contributed by atoms with Crippen molar-refractivity contribution < 1.29 is 10.2 Å². The summed E-state index contributed by atoms with van der Waals surface area (Å²) in [6.45, 7) is 0. The van der Waals surface area contributed by atoms with Gasteiger partial charge in [-0.25, -0.2) is 0 Å². The summed E-state index contributed by atoms with van der Waals surface area (Å²) in [6.07, 6.45) is 0. The number of aromatic hydroxyl groups is 2. The van der Waals surface area contributed by atoms with E-state index in [0.717, 1.165) is 4.70 Å². The Balaban J connectivity index is 2.94. The molecule has 4 heteroatoms. The molecule has 0 unspecified atom stereocenters. The van der Waals surface area contributed by atoms with E-state index in [1.54, 1.807) is 12.1 Å². The summed E-state index contributed by atoms with van der Waals surface area (Å²) in [5, 5.41) is 21.4. The zero-order valence-corrected chi connectivity index (χ0v) is 8.32. The monoisotopic (exact) mass is 244 g/mol. The summed E-state index contributed by atoms with van der Waals surface area (Å²) in [5.41, 5.74) is 0. The molecule has 0 aliphatic rings. The molecule has 1 heterocycles. The summed E-state index contributed by atoms with van der Waals surface area (Å²) >= 11 is 4.67. The molecule has 0 bridgehead atoms. The van der Waals surface area contributed by atoms with Crippen LogP contribution in [-0.4, -0.2) is 10.2 Å². The molecule has 0 fully saturated rings. The minimum absolute atomic E-state index is 0.0550. The van der Waals surface area contributed by atoms with Crippen molar-refractivity contribution in [3.05, 3.63) is 22.0 Å². The Morgan fingerprint density at radius 1 is 1.25 bits per heavy atom. The van der Waals surface area contributed by atoms with E-state index in [1.807, 2.05) is 5.38 Å². The number of hydrogen-bond acceptors (Lipinski definition) is 3. The summed E-state index contributed by atoms with van der Waals surface area (Å²) in [5.74, 6) is -0.151. The molecule has 0 atom stereocenters. The average Bonchev–Trinajstić information content (AvgIpc) is 2.48. The third-order valence-corrected chi connectivity index (χ3v) is 3.13. The third-order valence-electron chi connectivity index (χ3n) is 1.66. The summed E-state index contributed by atoms with van der Waals surface area (Å²) < 4.78 is 1.48. The Labute approximate surface area is 81.2 Å². The lowest BCUT2D eigenvalue weighted by atomic mass is 10.2. The first-order valence-corrected chi connectivity index (χ1v) is 4.95. The molecule has 0 radical (unpaired) electrons. The standard InChI is InChI=1S/C8H5BrO2S/c9-5-3-6-4(1-2-12-6)7(10)8(5)11/h1-3,10-11H. The quantitative estimate of drug-likeness (QED) is 0.700. The molecular weight excluding hydrogens is 240 g/mol. The number of halogens is 1. The summed E-state index contributed by atoms with van der Waals surface area (Å²) in [6, 6.07) is 3.57. The highest BCUT2D eigenvalue weighted by atomic mass is 79.9. The Morgan fingerprint density at radius 2 is 2.00 bits per heavy atom. The van der Waals surface area contributed by atoms with Gasteiger partial charge in [0.05, 0.1) is 4.47 Å². The number of hydrogen-bond donors (Lipinski definition) is 2. The maximum atomic E-state index is 9.45. The molecule has 0 spiro atoms. The van der Waals surface area contributed by atoms with Gasteiger partial charge in [-0.3, -0.25) is 0 Å². The molecule has 2 aromatic rings. The number of phenols is 2. The Kier molecular flexibility index (Phi) is 1.73. The largest absolute Gasteiger partial charge is 0.504 e. The van der Waals surface area contributed by atoms with E-state index in [-0.39, 0.29) is 11.5 Å². The first-order chi connectivity index (χ1) is 5.70. The number of phenolic OH excluding ortho intramolecular Hbond substituents is 2. The van der Waals surface area contributed by atoms with Crippen molar-refractivity contribution in [2.24, 2.45) is 0 Å². The Bertz CT molecular complexity index is 436. The second-order valence-corrected chi connectivity index (χ2v) is 4.19. The zero-order chi connectivity index (χ0) is 8.72. The van der Waals surface area contributed by atoms with Crippen molar-refractivity contribution in [2.75, 3.05) is 0 Å². The predicted molar refractivity (Wildman–Crippen MR) is 52.9 cm³/mol. The highest BCUT2D eigenvalue weighted by molar-refractivity contribution is 9.10. The van der Waals surface area contributed by atoms with E-state index in [9.17, 15) is 10.2 Å². The lowest BCUT2D eigenvalue weighted by molar-refractivity contribution is 0.406. The Morgan fingerprint density at radius 3 is 2.75 bits per heavy atom. The van der Waals surface area contributed by atoms with Crippen LogP contribution in [0.4, 0.5) is 0 Å². The Hall–Kier alpha value is -0.740. The highest BCUT2D eigenvalue weighted by Crippen LogP contribution is 2.41. The first-order valence-electron chi connectivity index (χ1n) is 3.28. The van der Waals surface area contributed by atoms with Gasteiger partial charge in [-0.2, -0.15) is 0 Å². The maximum absolute atomic E-state index is 9.45. The van der Waals surface area contributed by atoms with Crippen molar-refractivity contribution >= 4 is 37.4 Å². The van der Waals surface area contributed by atoms with Crippen LogP contribution in [0.1, 0.15) is 0 Å². The van der Waals surface area contributed by atoms with Crippen LogP contribution in [0.5, 0.6) is 11.5 Å². The van der Waals surface area contributed by atoms with Gasteiger partial charge in [0.2, 0.25) is 0 Å². The van der Waals surface area contributed by atoms with Gasteiger partial charge in [-0.05, 0) is 33.4 Å². The van der Waals surface area contributed by atoms with E-state index in [2.05, 4.69) is 15.9 Å². The van der Waals surface area contributed by atoms with Crippen LogP contribution in [-0.2, 0) is 0 Å². The molecule has 2 rings (SSSR count). The van der Waals surface area contributed by atoms with Crippen LogP contribution in [0.15, 0.2) is 22.0 Å². The van der Waals surface area contributed by atoms with Crippen LogP contribution in [0.25, 0.3) is 10.1 Å². The second-order valence-electron chi connectivity index (χ2n) is 2.39. The lowest BCUT2D eigenvalue weighted by Crippen LogP contribution is -1.71. The van der Waals surface area contributed by atoms with Gasteiger partial charge in [0.25, 0.3) is 0 Å². The van der Waals surface area contributed by atoms with Crippen molar-refractivity contribution in [2.45, 2.75) is 0 Å². The fraction of sp³-hybridized carbons (Fsp3) is 0. The first kappa shape index (κ1) is 7.89. The average molecular weight is 245 g/mol. The summed E-state index contributed by atoms with van der Waals surface area (Å²) in [4.78, 5) is 0. The third kappa shape index (κ3) is 0.990. The SMILES string of the molecule is Oc1c(Br)cc2sccc2c1O. The van der Waals surface area contributed by atoms with Crippen molar-refractivity contribution in [3.63, 3.8) is 0 Å². The van der Waals surface area contributed by atoms with Crippen molar-refractivity contribution in [1.82, 2.24) is 0 Å². The van der Waals surface area contributed by atoms with Gasteiger partial charge in [0.15, 0.2) is 11.5 Å². The van der Waals surface area contributed by atoms with Crippen LogP contribution >= 0.6 is 27.3 Å². The van der Waals surface area contributed by atoms with Gasteiger partial charge in [0.1, 0.15) is 0 Å². The molecule has 0 saturated carbocycles. The van der Waals surface area contributed by atoms with E-state index in [0.29, 0.717) is 9.86 Å². The van der Waals surface area contributed by atoms with Crippen LogP contribution in [0, 0.1) is 0 Å². The molecule has 0 saturated heterocycles. The fourth-order valence-corrected chi connectivity index (χ4v) is 2.45.